The standard InChI is InChI=1S/C54H39NS/c1-2-18-39(19-3-1)55-49-27-11-10-20-41(49)47-32-38(28-29-50(47)55)53-44-23-8-6-21-42(44)52(43-22-7-9-24-45(43)53)37-17-12-16-36(30-37)40-25-13-26-46-48-31-34-14-4-5-15-35(34)33-51(48)56-54(40)46/h1-11,13-15,18-31,33,37,47H,12,16-17,32H2. The lowest BCUT2D eigenvalue weighted by atomic mass is 9.76. The van der Waals surface area contributed by atoms with E-state index in [4.69, 9.17) is 0 Å². The van der Waals surface area contributed by atoms with E-state index >= 15 is 0 Å². The Morgan fingerprint density at radius 3 is 2.04 bits per heavy atom. The minimum Gasteiger partial charge on any atom is -0.313 e. The molecule has 0 N–H and O–H groups in total. The van der Waals surface area contributed by atoms with Gasteiger partial charge in [0.05, 0.1) is 0 Å². The minimum atomic E-state index is 0.308. The van der Waals surface area contributed by atoms with Gasteiger partial charge in [-0.25, -0.2) is 0 Å². The van der Waals surface area contributed by atoms with Crippen LogP contribution in [0.5, 0.6) is 0 Å². The van der Waals surface area contributed by atoms with E-state index in [1.807, 2.05) is 11.3 Å². The maximum absolute atomic E-state index is 2.65. The van der Waals surface area contributed by atoms with E-state index in [0.29, 0.717) is 11.8 Å². The predicted octanol–water partition coefficient (Wildman–Crippen LogP) is 15.5. The quantitative estimate of drug-likeness (QED) is 0.163. The summed E-state index contributed by atoms with van der Waals surface area (Å²) in [5, 5.41) is 10.9. The molecule has 0 amide bonds. The van der Waals surface area contributed by atoms with Crippen LogP contribution >= 0.6 is 11.3 Å². The normalized spacial score (nSPS) is 18.0. The zero-order valence-electron chi connectivity index (χ0n) is 31.1. The molecule has 0 radical (unpaired) electrons. The number of hydrogen-bond acceptors (Lipinski definition) is 2. The number of rotatable bonds is 4. The van der Waals surface area contributed by atoms with E-state index in [-0.39, 0.29) is 0 Å². The summed E-state index contributed by atoms with van der Waals surface area (Å²) in [6.07, 6.45) is 11.9. The Hall–Kier alpha value is -6.22. The van der Waals surface area contributed by atoms with Crippen LogP contribution in [0.15, 0.2) is 182 Å². The van der Waals surface area contributed by atoms with Crippen LogP contribution in [0.2, 0.25) is 0 Å². The average molecular weight is 734 g/mol. The first-order chi connectivity index (χ1) is 27.8. The fourth-order valence-electron chi connectivity index (χ4n) is 10.4. The van der Waals surface area contributed by atoms with Gasteiger partial charge in [-0.3, -0.25) is 0 Å². The first kappa shape index (κ1) is 32.1. The number of allylic oxidation sites excluding steroid dienone is 6. The third-order valence-corrected chi connectivity index (χ3v) is 14.0. The second kappa shape index (κ2) is 12.7. The lowest BCUT2D eigenvalue weighted by molar-refractivity contribution is 0.670. The van der Waals surface area contributed by atoms with Crippen molar-refractivity contribution in [3.05, 3.63) is 204 Å². The summed E-state index contributed by atoms with van der Waals surface area (Å²) < 4.78 is 2.80. The van der Waals surface area contributed by atoms with Gasteiger partial charge in [0.15, 0.2) is 0 Å². The molecule has 0 spiro atoms. The first-order valence-electron chi connectivity index (χ1n) is 20.1. The largest absolute Gasteiger partial charge is 0.313 e. The highest BCUT2D eigenvalue weighted by Crippen LogP contribution is 2.54. The van der Waals surface area contributed by atoms with Crippen molar-refractivity contribution in [3.8, 4) is 0 Å². The van der Waals surface area contributed by atoms with Crippen molar-refractivity contribution in [3.63, 3.8) is 0 Å². The molecule has 9 aromatic rings. The fraction of sp³-hybridized carbons (Fsp3) is 0.111. The van der Waals surface area contributed by atoms with Crippen LogP contribution in [0.25, 0.3) is 63.6 Å². The first-order valence-corrected chi connectivity index (χ1v) is 20.9. The Bertz CT molecular complexity index is 3100. The highest BCUT2D eigenvalue weighted by molar-refractivity contribution is 7.26. The van der Waals surface area contributed by atoms with Gasteiger partial charge in [-0.15, -0.1) is 11.3 Å². The third kappa shape index (κ3) is 4.85. The molecule has 12 rings (SSSR count). The van der Waals surface area contributed by atoms with E-state index in [1.54, 1.807) is 0 Å². The van der Waals surface area contributed by atoms with Crippen molar-refractivity contribution in [2.45, 2.75) is 37.5 Å². The molecule has 2 heteroatoms. The summed E-state index contributed by atoms with van der Waals surface area (Å²) in [6.45, 7) is 0. The van der Waals surface area contributed by atoms with E-state index < -0.39 is 0 Å². The molecule has 0 fully saturated rings. The number of fused-ring (bicyclic) bond motifs is 9. The van der Waals surface area contributed by atoms with Crippen molar-refractivity contribution >= 4 is 86.3 Å². The van der Waals surface area contributed by atoms with Crippen molar-refractivity contribution in [1.82, 2.24) is 0 Å². The highest BCUT2D eigenvalue weighted by atomic mass is 32.1. The fourth-order valence-corrected chi connectivity index (χ4v) is 11.7. The number of anilines is 2. The summed E-state index contributed by atoms with van der Waals surface area (Å²) in [5.41, 5.74) is 12.5. The Kier molecular flexibility index (Phi) is 7.25. The highest BCUT2D eigenvalue weighted by Gasteiger charge is 2.37. The summed E-state index contributed by atoms with van der Waals surface area (Å²) in [6, 6.07) is 58.9. The van der Waals surface area contributed by atoms with Gasteiger partial charge in [-0.2, -0.15) is 0 Å². The maximum atomic E-state index is 2.65. The van der Waals surface area contributed by atoms with Crippen LogP contribution in [0.1, 0.15) is 59.8 Å². The van der Waals surface area contributed by atoms with Crippen molar-refractivity contribution in [1.29, 1.82) is 0 Å². The van der Waals surface area contributed by atoms with E-state index in [2.05, 4.69) is 181 Å². The van der Waals surface area contributed by atoms with Crippen molar-refractivity contribution < 1.29 is 0 Å². The maximum Gasteiger partial charge on any atom is 0.0497 e. The van der Waals surface area contributed by atoms with Crippen LogP contribution < -0.4 is 4.90 Å². The van der Waals surface area contributed by atoms with Gasteiger partial charge in [0.25, 0.3) is 0 Å². The molecule has 1 nitrogen and oxygen atoms in total. The average Bonchev–Trinajstić information content (AvgIpc) is 3.80. The number of thiophene rings is 1. The van der Waals surface area contributed by atoms with Gasteiger partial charge in [0.2, 0.25) is 0 Å². The van der Waals surface area contributed by atoms with E-state index in [9.17, 15) is 0 Å². The van der Waals surface area contributed by atoms with Crippen LogP contribution in [0.4, 0.5) is 11.4 Å². The third-order valence-electron chi connectivity index (χ3n) is 12.8. The van der Waals surface area contributed by atoms with Crippen molar-refractivity contribution in [2.24, 2.45) is 0 Å². The van der Waals surface area contributed by atoms with E-state index in [0.717, 1.165) is 19.3 Å². The zero-order chi connectivity index (χ0) is 36.7. The Labute approximate surface area is 331 Å². The summed E-state index contributed by atoms with van der Waals surface area (Å²) in [4.78, 5) is 2.47. The minimum absolute atomic E-state index is 0.308. The van der Waals surface area contributed by atoms with Gasteiger partial charge in [-0.05, 0) is 128 Å². The Balaban J connectivity index is 1.01. The topological polar surface area (TPSA) is 3.24 Å². The molecule has 2 atom stereocenters. The molecule has 2 unspecified atom stereocenters. The van der Waals surface area contributed by atoms with Gasteiger partial charge in [0, 0.05) is 49.1 Å². The molecule has 8 aromatic carbocycles. The second-order valence-corrected chi connectivity index (χ2v) is 16.9. The Morgan fingerprint density at radius 2 is 1.23 bits per heavy atom. The molecule has 0 saturated heterocycles. The van der Waals surface area contributed by atoms with Crippen LogP contribution in [0, 0.1) is 0 Å². The monoisotopic (exact) mass is 733 g/mol. The number of hydrogen-bond donors (Lipinski definition) is 0. The van der Waals surface area contributed by atoms with E-state index in [1.165, 1.54) is 109 Å². The number of benzene rings is 8. The number of para-hydroxylation sites is 2. The van der Waals surface area contributed by atoms with Gasteiger partial charge in [-0.1, -0.05) is 140 Å². The van der Waals surface area contributed by atoms with Gasteiger partial charge in [0.1, 0.15) is 0 Å². The summed E-state index contributed by atoms with van der Waals surface area (Å²) in [7, 11) is 0. The summed E-state index contributed by atoms with van der Waals surface area (Å²) >= 11 is 1.96. The van der Waals surface area contributed by atoms with Crippen LogP contribution in [0.3, 0.4) is 0 Å². The molecule has 1 aliphatic heterocycles. The molecule has 3 aliphatic rings. The van der Waals surface area contributed by atoms with Crippen molar-refractivity contribution in [2.75, 3.05) is 4.90 Å². The Morgan fingerprint density at radius 1 is 0.554 bits per heavy atom. The van der Waals surface area contributed by atoms with Gasteiger partial charge < -0.3 is 4.90 Å². The molecular weight excluding hydrogens is 695 g/mol. The summed E-state index contributed by atoms with van der Waals surface area (Å²) in [5.74, 6) is 0.644. The molecule has 2 heterocycles. The smallest absolute Gasteiger partial charge is 0.0497 e. The number of nitrogens with zero attached hydrogens (tertiary/aromatic N) is 1. The molecule has 56 heavy (non-hydrogen) atoms. The molecule has 266 valence electrons. The molecule has 1 aromatic heterocycles. The molecular formula is C54H39NS. The lowest BCUT2D eigenvalue weighted by Crippen LogP contribution is -2.15. The van der Waals surface area contributed by atoms with Crippen LogP contribution in [-0.2, 0) is 0 Å². The second-order valence-electron chi connectivity index (χ2n) is 15.8. The predicted molar refractivity (Wildman–Crippen MR) is 241 cm³/mol. The molecule has 2 aliphatic carbocycles. The lowest BCUT2D eigenvalue weighted by Gasteiger charge is -2.29. The molecule has 0 bridgehead atoms. The van der Waals surface area contributed by atoms with Gasteiger partial charge >= 0.3 is 0 Å². The SMILES string of the molecule is C1=C(c2c3ccccc3c(C3C=C(c4cccc5c4sc4cc6ccccc6cc45)CCC3)c3ccccc23)CC2C(=C1)N(c1ccccc1)c1ccccc12. The zero-order valence-corrected chi connectivity index (χ0v) is 31.9. The van der Waals surface area contributed by atoms with Crippen LogP contribution in [-0.4, -0.2) is 0 Å². The molecule has 0 saturated carbocycles.